The molecule has 0 fully saturated rings. The zero-order valence-corrected chi connectivity index (χ0v) is 21.7. The van der Waals surface area contributed by atoms with Crippen LogP contribution < -0.4 is 14.8 Å². The highest BCUT2D eigenvalue weighted by atomic mass is 35.5. The summed E-state index contributed by atoms with van der Waals surface area (Å²) in [5.41, 5.74) is 2.15. The molecule has 1 amide bonds. The number of ether oxygens (including phenoxy) is 2. The summed E-state index contributed by atoms with van der Waals surface area (Å²) in [4.78, 5) is 33.0. The minimum absolute atomic E-state index is 0.0828. The lowest BCUT2D eigenvalue weighted by atomic mass is 9.93. The largest absolute Gasteiger partial charge is 0.492 e. The molecule has 0 saturated heterocycles. The van der Waals surface area contributed by atoms with Crippen molar-refractivity contribution in [1.82, 2.24) is 9.97 Å². The summed E-state index contributed by atoms with van der Waals surface area (Å²) in [5.74, 6) is -1.12. The number of carbonyl (C=O) groups excluding carboxylic acids is 1. The molecule has 0 radical (unpaired) electrons. The average molecular weight is 571 g/mol. The van der Waals surface area contributed by atoms with Crippen molar-refractivity contribution in [2.45, 2.75) is 12.3 Å². The number of carboxylic acids is 1. The van der Waals surface area contributed by atoms with Gasteiger partial charge in [0, 0.05) is 21.7 Å². The van der Waals surface area contributed by atoms with Gasteiger partial charge in [-0.1, -0.05) is 46.9 Å². The van der Waals surface area contributed by atoms with Crippen LogP contribution in [0.5, 0.6) is 17.2 Å². The van der Waals surface area contributed by atoms with Crippen LogP contribution in [-0.2, 0) is 4.79 Å². The monoisotopic (exact) mass is 569 g/mol. The van der Waals surface area contributed by atoms with Crippen LogP contribution >= 0.6 is 34.8 Å². The summed E-state index contributed by atoms with van der Waals surface area (Å²) in [7, 11) is 0. The van der Waals surface area contributed by atoms with Gasteiger partial charge in [0.15, 0.2) is 11.6 Å². The summed E-state index contributed by atoms with van der Waals surface area (Å²) in [6, 6.07) is 14.9. The highest BCUT2D eigenvalue weighted by molar-refractivity contribution is 6.38. The number of nitrogens with zero attached hydrogens (tertiary/aromatic N) is 2. The standard InChI is InChI=1S/C27H18Cl3N3O5/c28-16-5-1-14(2-6-16)21-12-31-13-22(32-21)33-26(34)15-3-7-17(8-4-15)38-25-20(29)11-19-18(27(35)36)9-10-37-24(19)23(25)30/h1-8,11-13,18H,9-10H2,(H,35,36)(H,32,33,34). The molecular weight excluding hydrogens is 553 g/mol. The smallest absolute Gasteiger partial charge is 0.311 e. The fourth-order valence-corrected chi connectivity index (χ4v) is 4.69. The second kappa shape index (κ2) is 10.9. The van der Waals surface area contributed by atoms with Gasteiger partial charge < -0.3 is 19.9 Å². The molecule has 8 nitrogen and oxygen atoms in total. The van der Waals surface area contributed by atoms with E-state index in [1.54, 1.807) is 42.6 Å². The Balaban J connectivity index is 1.31. The third kappa shape index (κ3) is 5.38. The highest BCUT2D eigenvalue weighted by Crippen LogP contribution is 2.48. The van der Waals surface area contributed by atoms with Crippen molar-refractivity contribution in [2.75, 3.05) is 11.9 Å². The molecule has 1 unspecified atom stereocenters. The van der Waals surface area contributed by atoms with Gasteiger partial charge in [-0.05, 0) is 48.9 Å². The summed E-state index contributed by atoms with van der Waals surface area (Å²) >= 11 is 18.8. The molecule has 1 atom stereocenters. The Morgan fingerprint density at radius 3 is 2.47 bits per heavy atom. The molecule has 38 heavy (non-hydrogen) atoms. The molecule has 2 N–H and O–H groups in total. The van der Waals surface area contributed by atoms with Gasteiger partial charge in [-0.15, -0.1) is 0 Å². The first-order valence-corrected chi connectivity index (χ1v) is 12.5. The van der Waals surface area contributed by atoms with E-state index in [4.69, 9.17) is 44.3 Å². The van der Waals surface area contributed by atoms with Crippen LogP contribution in [0.25, 0.3) is 11.3 Å². The number of anilines is 1. The van der Waals surface area contributed by atoms with Crippen LogP contribution in [0.3, 0.4) is 0 Å². The molecule has 1 aliphatic heterocycles. The summed E-state index contributed by atoms with van der Waals surface area (Å²) in [6.07, 6.45) is 3.36. The molecule has 11 heteroatoms. The number of aliphatic carboxylic acids is 1. The van der Waals surface area contributed by atoms with E-state index in [2.05, 4.69) is 15.3 Å². The van der Waals surface area contributed by atoms with Crippen molar-refractivity contribution in [2.24, 2.45) is 0 Å². The molecule has 5 rings (SSSR count). The van der Waals surface area contributed by atoms with Crippen LogP contribution in [0.4, 0.5) is 5.82 Å². The predicted molar refractivity (Wildman–Crippen MR) is 144 cm³/mol. The normalized spacial score (nSPS) is 14.2. The molecule has 3 aromatic carbocycles. The van der Waals surface area contributed by atoms with Gasteiger partial charge >= 0.3 is 5.97 Å². The van der Waals surface area contributed by atoms with Crippen LogP contribution in [0.2, 0.25) is 15.1 Å². The summed E-state index contributed by atoms with van der Waals surface area (Å²) in [6.45, 7) is 0.210. The maximum Gasteiger partial charge on any atom is 0.311 e. The maximum absolute atomic E-state index is 12.8. The van der Waals surface area contributed by atoms with E-state index in [-0.39, 0.29) is 34.0 Å². The van der Waals surface area contributed by atoms with E-state index in [0.29, 0.717) is 34.0 Å². The van der Waals surface area contributed by atoms with Crippen molar-refractivity contribution in [3.05, 3.63) is 93.2 Å². The van der Waals surface area contributed by atoms with Gasteiger partial charge in [-0.2, -0.15) is 0 Å². The van der Waals surface area contributed by atoms with Gasteiger partial charge in [0.25, 0.3) is 5.91 Å². The molecule has 1 aromatic heterocycles. The van der Waals surface area contributed by atoms with E-state index in [1.807, 2.05) is 12.1 Å². The number of carbonyl (C=O) groups is 2. The van der Waals surface area contributed by atoms with Crippen LogP contribution in [-0.4, -0.2) is 33.6 Å². The van der Waals surface area contributed by atoms with Crippen molar-refractivity contribution in [1.29, 1.82) is 0 Å². The minimum atomic E-state index is -0.980. The number of nitrogens with one attached hydrogen (secondary N) is 1. The van der Waals surface area contributed by atoms with E-state index in [9.17, 15) is 14.7 Å². The first-order chi connectivity index (χ1) is 18.3. The van der Waals surface area contributed by atoms with E-state index >= 15 is 0 Å². The minimum Gasteiger partial charge on any atom is -0.492 e. The van der Waals surface area contributed by atoms with E-state index in [1.165, 1.54) is 12.3 Å². The molecular formula is C27H18Cl3N3O5. The molecule has 4 aromatic rings. The lowest BCUT2D eigenvalue weighted by Crippen LogP contribution is -2.21. The summed E-state index contributed by atoms with van der Waals surface area (Å²) < 4.78 is 11.5. The SMILES string of the molecule is O=C(Nc1cncc(-c2ccc(Cl)cc2)n1)c1ccc(Oc2c(Cl)cc3c(c2Cl)OCCC3C(=O)O)cc1. The highest BCUT2D eigenvalue weighted by Gasteiger charge is 2.32. The van der Waals surface area contributed by atoms with Gasteiger partial charge in [0.2, 0.25) is 0 Å². The Labute approximate surface area is 232 Å². The molecule has 0 spiro atoms. The first kappa shape index (κ1) is 25.8. The fourth-order valence-electron chi connectivity index (χ4n) is 3.96. The lowest BCUT2D eigenvalue weighted by molar-refractivity contribution is -0.139. The molecule has 192 valence electrons. The summed E-state index contributed by atoms with van der Waals surface area (Å²) in [5, 5.41) is 13.1. The lowest BCUT2D eigenvalue weighted by Gasteiger charge is -2.25. The van der Waals surface area contributed by atoms with Gasteiger partial charge in [0.05, 0.1) is 35.6 Å². The number of aromatic nitrogens is 2. The number of hydrogen-bond donors (Lipinski definition) is 2. The molecule has 0 bridgehead atoms. The Kier molecular flexibility index (Phi) is 7.37. The number of fused-ring (bicyclic) bond motifs is 1. The molecule has 2 heterocycles. The third-order valence-electron chi connectivity index (χ3n) is 5.84. The van der Waals surface area contributed by atoms with Crippen LogP contribution in [0.1, 0.15) is 28.3 Å². The number of rotatable bonds is 6. The van der Waals surface area contributed by atoms with Crippen LogP contribution in [0, 0.1) is 0 Å². The Bertz CT molecular complexity index is 1530. The maximum atomic E-state index is 12.8. The van der Waals surface area contributed by atoms with Crippen LogP contribution in [0.15, 0.2) is 67.0 Å². The Morgan fingerprint density at radius 1 is 1.03 bits per heavy atom. The van der Waals surface area contributed by atoms with Gasteiger partial charge in [-0.25, -0.2) is 4.98 Å². The second-order valence-corrected chi connectivity index (χ2v) is 9.55. The number of amides is 1. The zero-order valence-electron chi connectivity index (χ0n) is 19.5. The third-order valence-corrected chi connectivity index (χ3v) is 6.72. The van der Waals surface area contributed by atoms with Crippen molar-refractivity contribution < 1.29 is 24.2 Å². The molecule has 0 aliphatic carbocycles. The van der Waals surface area contributed by atoms with E-state index < -0.39 is 17.8 Å². The number of hydrogen-bond acceptors (Lipinski definition) is 6. The Morgan fingerprint density at radius 2 is 1.76 bits per heavy atom. The molecule has 0 saturated carbocycles. The number of halogens is 3. The quantitative estimate of drug-likeness (QED) is 0.254. The average Bonchev–Trinajstić information content (AvgIpc) is 2.91. The second-order valence-electron chi connectivity index (χ2n) is 8.32. The van der Waals surface area contributed by atoms with E-state index in [0.717, 1.165) is 5.56 Å². The molecule has 1 aliphatic rings. The Hall–Kier alpha value is -3.85. The first-order valence-electron chi connectivity index (χ1n) is 11.3. The van der Waals surface area contributed by atoms with Crippen molar-refractivity contribution in [3.63, 3.8) is 0 Å². The van der Waals surface area contributed by atoms with Gasteiger partial charge in [-0.3, -0.25) is 14.6 Å². The number of benzene rings is 3. The van der Waals surface area contributed by atoms with Crippen molar-refractivity contribution >= 4 is 52.5 Å². The van der Waals surface area contributed by atoms with Crippen molar-refractivity contribution in [3.8, 4) is 28.5 Å². The van der Waals surface area contributed by atoms with Gasteiger partial charge in [0.1, 0.15) is 16.5 Å². The zero-order chi connectivity index (χ0) is 26.8. The fraction of sp³-hybridized carbons (Fsp3) is 0.111. The predicted octanol–water partition coefficient (Wildman–Crippen LogP) is 7.10. The number of carboxylic acid groups (broad SMARTS) is 1. The topological polar surface area (TPSA) is 111 Å².